The number of nitro groups is 1. The number of hydrogen-bond donors (Lipinski definition) is 0. The monoisotopic (exact) mass is 358 g/mol. The molecule has 0 spiro atoms. The zero-order valence-electron chi connectivity index (χ0n) is 14.1. The van der Waals surface area contributed by atoms with Gasteiger partial charge < -0.3 is 13.9 Å². The molecule has 0 aliphatic rings. The van der Waals surface area contributed by atoms with Gasteiger partial charge in [-0.3, -0.25) is 14.9 Å². The maximum atomic E-state index is 12.7. The average molecular weight is 358 g/mol. The first-order chi connectivity index (χ1) is 12.4. The number of rotatable bonds is 5. The minimum Gasteiger partial charge on any atom is -0.493 e. The van der Waals surface area contributed by atoms with Gasteiger partial charge in [-0.05, 0) is 19.1 Å². The first-order valence-corrected chi connectivity index (χ1v) is 7.38. The van der Waals surface area contributed by atoms with Crippen molar-refractivity contribution in [3.05, 3.63) is 56.3 Å². The summed E-state index contributed by atoms with van der Waals surface area (Å²) in [6.07, 6.45) is 1.20. The van der Waals surface area contributed by atoms with Crippen molar-refractivity contribution < 1.29 is 18.8 Å². The van der Waals surface area contributed by atoms with Crippen LogP contribution in [0.4, 0.5) is 5.88 Å². The zero-order chi connectivity index (χ0) is 18.8. The van der Waals surface area contributed by atoms with Crippen LogP contribution in [-0.2, 0) is 0 Å². The number of ether oxygens (including phenoxy) is 2. The molecule has 0 radical (unpaired) electrons. The van der Waals surface area contributed by atoms with Crippen LogP contribution in [0, 0.1) is 17.0 Å². The molecule has 0 aliphatic heterocycles. The third kappa shape index (κ3) is 2.99. The Labute approximate surface area is 146 Å². The fourth-order valence-corrected chi connectivity index (χ4v) is 2.38. The number of hydrogen-bond acceptors (Lipinski definition) is 8. The van der Waals surface area contributed by atoms with Gasteiger partial charge in [0, 0.05) is 6.07 Å². The standard InChI is InChI=1S/C16H14N4O6/c1-9-18-12-7-14(25-3)13(24-2)6-11(12)16(21)19(9)17-8-10-4-5-15(26-10)20(22)23/h4-8H,1-3H3/b17-8-. The molecule has 2 aromatic heterocycles. The van der Waals surface area contributed by atoms with E-state index >= 15 is 0 Å². The number of nitrogens with zero attached hydrogens (tertiary/aromatic N) is 4. The highest BCUT2D eigenvalue weighted by Gasteiger charge is 2.14. The van der Waals surface area contributed by atoms with E-state index in [0.29, 0.717) is 22.8 Å². The second-order valence-electron chi connectivity index (χ2n) is 5.18. The van der Waals surface area contributed by atoms with E-state index < -0.39 is 16.4 Å². The summed E-state index contributed by atoms with van der Waals surface area (Å²) in [6, 6.07) is 5.70. The highest BCUT2D eigenvalue weighted by molar-refractivity contribution is 5.82. The molecule has 3 aromatic rings. The van der Waals surface area contributed by atoms with Gasteiger partial charge in [-0.2, -0.15) is 9.78 Å². The lowest BCUT2D eigenvalue weighted by atomic mass is 10.2. The predicted molar refractivity (Wildman–Crippen MR) is 92.2 cm³/mol. The first-order valence-electron chi connectivity index (χ1n) is 7.38. The Morgan fingerprint density at radius 1 is 1.27 bits per heavy atom. The van der Waals surface area contributed by atoms with Crippen molar-refractivity contribution in [1.29, 1.82) is 0 Å². The van der Waals surface area contributed by atoms with Crippen molar-refractivity contribution in [3.63, 3.8) is 0 Å². The van der Waals surface area contributed by atoms with Gasteiger partial charge in [-0.15, -0.1) is 0 Å². The van der Waals surface area contributed by atoms with E-state index in [2.05, 4.69) is 10.1 Å². The molecule has 1 aromatic carbocycles. The second kappa shape index (κ2) is 6.67. The van der Waals surface area contributed by atoms with Crippen molar-refractivity contribution in [3.8, 4) is 11.5 Å². The van der Waals surface area contributed by atoms with Crippen LogP contribution in [0.15, 0.2) is 38.6 Å². The summed E-state index contributed by atoms with van der Waals surface area (Å²) in [7, 11) is 2.95. The molecule has 0 unspecified atom stereocenters. The highest BCUT2D eigenvalue weighted by Crippen LogP contribution is 2.30. The molecule has 3 rings (SSSR count). The van der Waals surface area contributed by atoms with Crippen LogP contribution in [0.1, 0.15) is 11.6 Å². The largest absolute Gasteiger partial charge is 0.493 e. The van der Waals surface area contributed by atoms with Crippen molar-refractivity contribution >= 4 is 23.0 Å². The van der Waals surface area contributed by atoms with Crippen molar-refractivity contribution in [2.45, 2.75) is 6.92 Å². The Kier molecular flexibility index (Phi) is 4.40. The third-order valence-electron chi connectivity index (χ3n) is 3.61. The number of furan rings is 1. The Bertz CT molecular complexity index is 1080. The van der Waals surface area contributed by atoms with E-state index in [1.807, 2.05) is 0 Å². The van der Waals surface area contributed by atoms with E-state index in [0.717, 1.165) is 4.68 Å². The summed E-state index contributed by atoms with van der Waals surface area (Å²) < 4.78 is 16.5. The molecule has 0 amide bonds. The molecule has 10 heteroatoms. The van der Waals surface area contributed by atoms with Gasteiger partial charge in [-0.1, -0.05) is 0 Å². The van der Waals surface area contributed by atoms with Crippen LogP contribution >= 0.6 is 0 Å². The molecule has 0 N–H and O–H groups in total. The summed E-state index contributed by atoms with van der Waals surface area (Å²) in [5.74, 6) is 0.891. The number of methoxy groups -OCH3 is 2. The smallest absolute Gasteiger partial charge is 0.433 e. The molecular weight excluding hydrogens is 344 g/mol. The minimum absolute atomic E-state index is 0.135. The molecular formula is C16H14N4O6. The lowest BCUT2D eigenvalue weighted by Crippen LogP contribution is -2.20. The summed E-state index contributed by atoms with van der Waals surface area (Å²) >= 11 is 0. The van der Waals surface area contributed by atoms with Gasteiger partial charge in [0.25, 0.3) is 5.56 Å². The molecule has 10 nitrogen and oxygen atoms in total. The summed E-state index contributed by atoms with van der Waals surface area (Å²) in [6.45, 7) is 1.61. The lowest BCUT2D eigenvalue weighted by molar-refractivity contribution is -0.402. The van der Waals surface area contributed by atoms with Crippen molar-refractivity contribution in [2.75, 3.05) is 14.2 Å². The number of benzene rings is 1. The van der Waals surface area contributed by atoms with Gasteiger partial charge >= 0.3 is 5.88 Å². The van der Waals surface area contributed by atoms with Gasteiger partial charge in [-0.25, -0.2) is 4.98 Å². The molecule has 134 valence electrons. The third-order valence-corrected chi connectivity index (χ3v) is 3.61. The van der Waals surface area contributed by atoms with Crippen LogP contribution in [0.25, 0.3) is 10.9 Å². The molecule has 0 aliphatic carbocycles. The van der Waals surface area contributed by atoms with E-state index in [9.17, 15) is 14.9 Å². The van der Waals surface area contributed by atoms with E-state index in [1.54, 1.807) is 13.0 Å². The van der Waals surface area contributed by atoms with Gasteiger partial charge in [0.1, 0.15) is 10.7 Å². The van der Waals surface area contributed by atoms with E-state index in [4.69, 9.17) is 13.9 Å². The number of aryl methyl sites for hydroxylation is 1. The SMILES string of the molecule is COc1cc2nc(C)n(/N=C\c3ccc([N+](=O)[O-])o3)c(=O)c2cc1OC. The highest BCUT2D eigenvalue weighted by atomic mass is 16.6. The molecule has 26 heavy (non-hydrogen) atoms. The van der Waals surface area contributed by atoms with E-state index in [-0.39, 0.29) is 11.1 Å². The quantitative estimate of drug-likeness (QED) is 0.389. The fourth-order valence-electron chi connectivity index (χ4n) is 2.38. The molecule has 0 atom stereocenters. The molecule has 0 saturated heterocycles. The van der Waals surface area contributed by atoms with Gasteiger partial charge in [0.15, 0.2) is 17.3 Å². The number of fused-ring (bicyclic) bond motifs is 1. The van der Waals surface area contributed by atoms with Crippen molar-refractivity contribution in [1.82, 2.24) is 9.66 Å². The second-order valence-corrected chi connectivity index (χ2v) is 5.18. The van der Waals surface area contributed by atoms with E-state index in [1.165, 1.54) is 38.6 Å². The molecule has 0 saturated carbocycles. The topological polar surface area (TPSA) is 122 Å². The van der Waals surface area contributed by atoms with Gasteiger partial charge in [0.2, 0.25) is 0 Å². The van der Waals surface area contributed by atoms with Crippen LogP contribution in [0.3, 0.4) is 0 Å². The zero-order valence-corrected chi connectivity index (χ0v) is 14.1. The Hall–Kier alpha value is -3.69. The van der Waals surface area contributed by atoms with Crippen molar-refractivity contribution in [2.24, 2.45) is 5.10 Å². The van der Waals surface area contributed by atoms with Crippen LogP contribution in [0.2, 0.25) is 0 Å². The Morgan fingerprint density at radius 3 is 2.58 bits per heavy atom. The average Bonchev–Trinajstić information content (AvgIpc) is 3.09. The molecule has 2 heterocycles. The Balaban J connectivity index is 2.09. The first kappa shape index (κ1) is 17.1. The predicted octanol–water partition coefficient (Wildman–Crippen LogP) is 2.11. The van der Waals surface area contributed by atoms with Crippen LogP contribution in [0.5, 0.6) is 11.5 Å². The molecule has 0 fully saturated rings. The minimum atomic E-state index is -0.661. The van der Waals surface area contributed by atoms with Gasteiger partial charge in [0.05, 0.1) is 37.4 Å². The summed E-state index contributed by atoms with van der Waals surface area (Å²) in [5.41, 5.74) is 0.0102. The van der Waals surface area contributed by atoms with Crippen LogP contribution in [-0.4, -0.2) is 35.0 Å². The normalized spacial score (nSPS) is 11.2. The Morgan fingerprint density at radius 2 is 1.96 bits per heavy atom. The lowest BCUT2D eigenvalue weighted by Gasteiger charge is -2.10. The summed E-state index contributed by atoms with van der Waals surface area (Å²) in [4.78, 5) is 27.0. The summed E-state index contributed by atoms with van der Waals surface area (Å²) in [5, 5.41) is 14.9. The number of aromatic nitrogens is 2. The maximum Gasteiger partial charge on any atom is 0.433 e. The molecule has 0 bridgehead atoms. The maximum absolute atomic E-state index is 12.7. The fraction of sp³-hybridized carbons (Fsp3) is 0.188. The van der Waals surface area contributed by atoms with Crippen LogP contribution < -0.4 is 15.0 Å².